The Morgan fingerprint density at radius 2 is 1.67 bits per heavy atom. The van der Waals surface area contributed by atoms with Gasteiger partial charge in [-0.05, 0) is 43.7 Å². The lowest BCUT2D eigenvalue weighted by Crippen LogP contribution is -2.24. The van der Waals surface area contributed by atoms with Gasteiger partial charge in [-0.2, -0.15) is 5.10 Å². The Kier molecular flexibility index (Phi) is 4.10. The zero-order chi connectivity index (χ0) is 20.8. The van der Waals surface area contributed by atoms with Crippen LogP contribution in [0, 0.1) is 13.8 Å². The molecule has 0 atom stereocenters. The minimum atomic E-state index is -0.181. The number of hydrogen-bond acceptors (Lipinski definition) is 4. The Balaban J connectivity index is 1.77. The normalized spacial score (nSPS) is 11.4. The molecular weight excluding hydrogens is 378 g/mol. The zero-order valence-corrected chi connectivity index (χ0v) is 16.6. The van der Waals surface area contributed by atoms with Crippen LogP contribution in [0.15, 0.2) is 76.4 Å². The monoisotopic (exact) mass is 397 g/mol. The molecule has 0 amide bonds. The fraction of sp³-hybridized carbons (Fsp3) is 0.130. The number of benzene rings is 1. The third-order valence-electron chi connectivity index (χ3n) is 5.24. The molecule has 5 aromatic rings. The van der Waals surface area contributed by atoms with Crippen LogP contribution in [-0.2, 0) is 6.54 Å². The molecular formula is C23H19N5O2. The van der Waals surface area contributed by atoms with E-state index in [0.29, 0.717) is 17.0 Å². The van der Waals surface area contributed by atoms with Crippen molar-refractivity contribution in [3.05, 3.63) is 105 Å². The largest absolute Gasteiger partial charge is 0.286 e. The highest BCUT2D eigenvalue weighted by molar-refractivity contribution is 5.83. The van der Waals surface area contributed by atoms with E-state index in [4.69, 9.17) is 5.10 Å². The highest BCUT2D eigenvalue weighted by atomic mass is 16.1. The summed E-state index contributed by atoms with van der Waals surface area (Å²) in [5.41, 5.74) is 4.00. The Hall–Kier alpha value is -4.00. The van der Waals surface area contributed by atoms with Crippen LogP contribution in [0.1, 0.15) is 17.0 Å². The molecule has 4 heterocycles. The Morgan fingerprint density at radius 3 is 2.47 bits per heavy atom. The smallest absolute Gasteiger partial charge is 0.258 e. The summed E-state index contributed by atoms with van der Waals surface area (Å²) in [5, 5.41) is 5.63. The summed E-state index contributed by atoms with van der Waals surface area (Å²) >= 11 is 0. The van der Waals surface area contributed by atoms with Gasteiger partial charge in [-0.25, -0.2) is 9.67 Å². The Bertz CT molecular complexity index is 1530. The summed E-state index contributed by atoms with van der Waals surface area (Å²) in [4.78, 5) is 30.1. The second-order valence-electron chi connectivity index (χ2n) is 7.30. The van der Waals surface area contributed by atoms with Gasteiger partial charge >= 0.3 is 0 Å². The molecule has 4 aromatic heterocycles. The lowest BCUT2D eigenvalue weighted by atomic mass is 10.1. The number of fused-ring (bicyclic) bond motifs is 2. The highest BCUT2D eigenvalue weighted by Crippen LogP contribution is 2.24. The van der Waals surface area contributed by atoms with Gasteiger partial charge in [0.2, 0.25) is 0 Å². The fourth-order valence-corrected chi connectivity index (χ4v) is 3.91. The first-order valence-corrected chi connectivity index (χ1v) is 9.65. The maximum absolute atomic E-state index is 13.0. The SMILES string of the molecule is Cc1cc(=O)n(Cc2cc(=O)n3ccccc3n2)c2c1c(C)nn2-c1ccccc1. The fourth-order valence-electron chi connectivity index (χ4n) is 3.91. The number of rotatable bonds is 3. The standard InChI is InChI=1S/C23H19N5O2/c1-15-12-20(29)27(14-17-13-21(30)26-11-7-6-10-19(26)24-17)23-22(15)16(2)25-28(23)18-8-4-3-5-9-18/h3-13H,14H2,1-2H3. The highest BCUT2D eigenvalue weighted by Gasteiger charge is 2.18. The van der Waals surface area contributed by atoms with Crippen LogP contribution in [0.5, 0.6) is 0 Å². The van der Waals surface area contributed by atoms with Crippen LogP contribution >= 0.6 is 0 Å². The second-order valence-corrected chi connectivity index (χ2v) is 7.30. The van der Waals surface area contributed by atoms with Gasteiger partial charge in [0.25, 0.3) is 11.1 Å². The molecule has 148 valence electrons. The number of aryl methyl sites for hydroxylation is 2. The Labute approximate surface area is 171 Å². The summed E-state index contributed by atoms with van der Waals surface area (Å²) < 4.78 is 4.90. The molecule has 0 aliphatic carbocycles. The topological polar surface area (TPSA) is 74.2 Å². The van der Waals surface area contributed by atoms with Crippen molar-refractivity contribution in [2.45, 2.75) is 20.4 Å². The van der Waals surface area contributed by atoms with Crippen molar-refractivity contribution >= 4 is 16.7 Å². The van der Waals surface area contributed by atoms with Gasteiger partial charge in [-0.1, -0.05) is 24.3 Å². The minimum absolute atomic E-state index is 0.160. The predicted molar refractivity (Wildman–Crippen MR) is 115 cm³/mol. The lowest BCUT2D eigenvalue weighted by molar-refractivity contribution is 0.732. The van der Waals surface area contributed by atoms with Crippen LogP contribution in [0.3, 0.4) is 0 Å². The van der Waals surface area contributed by atoms with Gasteiger partial charge in [0, 0.05) is 23.7 Å². The molecule has 0 aliphatic heterocycles. The van der Waals surface area contributed by atoms with E-state index in [9.17, 15) is 9.59 Å². The summed E-state index contributed by atoms with van der Waals surface area (Å²) in [6.07, 6.45) is 1.68. The van der Waals surface area contributed by atoms with Gasteiger partial charge in [0.1, 0.15) is 11.3 Å². The number of para-hydroxylation sites is 1. The Morgan fingerprint density at radius 1 is 0.900 bits per heavy atom. The van der Waals surface area contributed by atoms with Crippen molar-refractivity contribution < 1.29 is 0 Å². The first kappa shape index (κ1) is 18.1. The first-order valence-electron chi connectivity index (χ1n) is 9.65. The molecule has 0 saturated carbocycles. The second kappa shape index (κ2) is 6.81. The molecule has 5 rings (SSSR count). The van der Waals surface area contributed by atoms with E-state index in [2.05, 4.69) is 4.98 Å². The van der Waals surface area contributed by atoms with Gasteiger partial charge in [0.15, 0.2) is 0 Å². The molecule has 30 heavy (non-hydrogen) atoms. The van der Waals surface area contributed by atoms with Gasteiger partial charge in [0.05, 0.1) is 23.6 Å². The van der Waals surface area contributed by atoms with Crippen molar-refractivity contribution in [2.24, 2.45) is 0 Å². The van der Waals surface area contributed by atoms with Crippen molar-refractivity contribution in [3.8, 4) is 5.69 Å². The maximum Gasteiger partial charge on any atom is 0.258 e. The number of aromatic nitrogens is 5. The van der Waals surface area contributed by atoms with Crippen LogP contribution in [0.4, 0.5) is 0 Å². The molecule has 1 aromatic carbocycles. The molecule has 0 saturated heterocycles. The van der Waals surface area contributed by atoms with E-state index in [1.807, 2.05) is 50.2 Å². The molecule has 0 radical (unpaired) electrons. The van der Waals surface area contributed by atoms with E-state index >= 15 is 0 Å². The third kappa shape index (κ3) is 2.83. The average Bonchev–Trinajstić information content (AvgIpc) is 3.09. The van der Waals surface area contributed by atoms with E-state index < -0.39 is 0 Å². The molecule has 0 spiro atoms. The molecule has 0 bridgehead atoms. The number of nitrogens with zero attached hydrogens (tertiary/aromatic N) is 5. The summed E-state index contributed by atoms with van der Waals surface area (Å²) in [5.74, 6) is 0. The summed E-state index contributed by atoms with van der Waals surface area (Å²) in [6, 6.07) is 18.2. The van der Waals surface area contributed by atoms with E-state index in [1.165, 1.54) is 10.5 Å². The summed E-state index contributed by atoms with van der Waals surface area (Å²) in [7, 11) is 0. The van der Waals surface area contributed by atoms with Gasteiger partial charge in [-0.15, -0.1) is 0 Å². The maximum atomic E-state index is 13.0. The number of pyridine rings is 2. The van der Waals surface area contributed by atoms with E-state index in [1.54, 1.807) is 33.6 Å². The van der Waals surface area contributed by atoms with Crippen LogP contribution < -0.4 is 11.1 Å². The third-order valence-corrected chi connectivity index (χ3v) is 5.24. The zero-order valence-electron chi connectivity index (χ0n) is 16.6. The first-order chi connectivity index (χ1) is 14.5. The van der Waals surface area contributed by atoms with Crippen molar-refractivity contribution in [1.82, 2.24) is 23.7 Å². The van der Waals surface area contributed by atoms with Crippen molar-refractivity contribution in [3.63, 3.8) is 0 Å². The van der Waals surface area contributed by atoms with E-state index in [0.717, 1.165) is 22.3 Å². The average molecular weight is 397 g/mol. The van der Waals surface area contributed by atoms with Crippen LogP contribution in [0.2, 0.25) is 0 Å². The summed E-state index contributed by atoms with van der Waals surface area (Å²) in [6.45, 7) is 4.03. The molecule has 7 heteroatoms. The minimum Gasteiger partial charge on any atom is -0.286 e. The van der Waals surface area contributed by atoms with Gasteiger partial charge in [-0.3, -0.25) is 18.6 Å². The lowest BCUT2D eigenvalue weighted by Gasteiger charge is -2.12. The van der Waals surface area contributed by atoms with Crippen LogP contribution in [-0.4, -0.2) is 23.7 Å². The van der Waals surface area contributed by atoms with Crippen LogP contribution in [0.25, 0.3) is 22.4 Å². The molecule has 0 N–H and O–H groups in total. The number of hydrogen-bond donors (Lipinski definition) is 0. The quantitative estimate of drug-likeness (QED) is 0.469. The van der Waals surface area contributed by atoms with E-state index in [-0.39, 0.29) is 17.7 Å². The molecule has 0 aliphatic rings. The van der Waals surface area contributed by atoms with Crippen molar-refractivity contribution in [1.29, 1.82) is 0 Å². The van der Waals surface area contributed by atoms with Gasteiger partial charge < -0.3 is 0 Å². The van der Waals surface area contributed by atoms with Crippen molar-refractivity contribution in [2.75, 3.05) is 0 Å². The molecule has 0 unspecified atom stereocenters. The predicted octanol–water partition coefficient (Wildman–Crippen LogP) is 2.86. The molecule has 7 nitrogen and oxygen atoms in total. The molecule has 0 fully saturated rings.